The highest BCUT2D eigenvalue weighted by molar-refractivity contribution is 7.70. The maximum atomic E-state index is 16.6. The summed E-state index contributed by atoms with van der Waals surface area (Å²) in [7, 11) is -9.90. The van der Waals surface area contributed by atoms with Crippen molar-refractivity contribution in [1.29, 1.82) is 0 Å². The van der Waals surface area contributed by atoms with Gasteiger partial charge in [0.1, 0.15) is 96.1 Å². The number of carbonyl (C=O) groups is 10. The monoisotopic (exact) mass is 1880 g/mol. The number of carbonyl (C=O) groups excluding carboxylic acids is 9. The van der Waals surface area contributed by atoms with E-state index in [2.05, 4.69) is 37.2 Å². The van der Waals surface area contributed by atoms with E-state index >= 15 is 24.0 Å². The number of aliphatic carboxylic acids is 1. The number of hydrogen-bond acceptors (Lipinski definition) is 32. The average Bonchev–Trinajstić information content (AvgIpc) is 0.761. The molecule has 22 atom stereocenters. The van der Waals surface area contributed by atoms with Crippen LogP contribution in [0.5, 0.6) is 46.0 Å². The van der Waals surface area contributed by atoms with Gasteiger partial charge in [-0.15, -0.1) is 0 Å². The van der Waals surface area contributed by atoms with Crippen LogP contribution < -0.4 is 73.9 Å². The van der Waals surface area contributed by atoms with Crippen LogP contribution in [0, 0.1) is 5.92 Å². The van der Waals surface area contributed by atoms with Crippen molar-refractivity contribution in [3.63, 3.8) is 0 Å². The molecule has 698 valence electrons. The summed E-state index contributed by atoms with van der Waals surface area (Å²) in [5.74, 6) is -19.9. The van der Waals surface area contributed by atoms with Crippen molar-refractivity contribution in [3.8, 4) is 57.1 Å². The third kappa shape index (κ3) is 22.7. The van der Waals surface area contributed by atoms with Crippen LogP contribution in [0.3, 0.4) is 0 Å². The summed E-state index contributed by atoms with van der Waals surface area (Å²) in [6, 6.07) is -1.81. The summed E-state index contributed by atoms with van der Waals surface area (Å²) < 4.78 is 81.4. The number of phenolic OH excluding ortho intramolecular Hbond substituents is 3. The van der Waals surface area contributed by atoms with E-state index in [0.717, 1.165) is 72.8 Å². The number of rotatable bonds is 23. The molecule has 11 bridgehead atoms. The summed E-state index contributed by atoms with van der Waals surface area (Å²) >= 11 is 14.6. The minimum Gasteiger partial charge on any atom is -0.508 e. The molecular formula is C79H99Cl2N11O34P2. The molecule has 3 saturated heterocycles. The van der Waals surface area contributed by atoms with Crippen molar-refractivity contribution >= 4 is 97.6 Å². The first-order valence-electron chi connectivity index (χ1n) is 39.8. The van der Waals surface area contributed by atoms with Crippen molar-refractivity contribution < 1.29 is 165 Å². The van der Waals surface area contributed by atoms with Gasteiger partial charge in [0, 0.05) is 59.5 Å². The van der Waals surface area contributed by atoms with Crippen molar-refractivity contribution in [3.05, 3.63) is 117 Å². The highest BCUT2D eigenvalue weighted by Crippen LogP contribution is 2.59. The van der Waals surface area contributed by atoms with Crippen LogP contribution in [-0.2, 0) is 85.5 Å². The Labute approximate surface area is 737 Å². The standard InChI is InChI=1S/C79H99Cl2N11O34P2/c1-29(2)17-41(85-7)69(104)91-59-61(99)33-12-15-45(39(80)19-33)121-47-21-35-22-48(65(47)126-76-66(125-54-27-79(6,84)68(103)31(4)120-54)63(101)62(100)49(123-76)28-118-52(98)10-8-9-51(97)87-77(127(112,113)114)128(115,116)117)122-46-16-13-34(20-40(46)81)64(124-53-26-78(5,83)67(102)30(3)119-53)60-74(109)90-58(75(110)111)38-23-36(93)24-44(95)55(38)37-18-32(11-14-43(37)94)56(71(106)92-60)89-72(107)57(35)88-70(105)42(25-50(82)96)86-73(59)108/h11-16,18-24,29-31,41-42,49,53-54,56-64,66-68,76-77,85,93-95,99-103H,8-10,17,25-28,83-84H2,1-7H3,(H2,82,96)(H,86,108)(H,87,97)(H,88,105)(H,89,107)(H,90,109)(H,91,104)(H,92,106)(H,110,111)(H2,112,113,114)(H2,115,116,117)/t30?,31?,41?,42?,49?,53?,54?,56?,57?,58-,59?,60?,61+,62?,63?,64-,66?,67?,68?,76?,78+,79+/m1/s1. The van der Waals surface area contributed by atoms with E-state index in [0.29, 0.717) is 0 Å². The fourth-order valence-corrected chi connectivity index (χ4v) is 18.1. The normalized spacial score (nSPS) is 29.6. The number of hydrogen-bond donors (Lipinski definition) is 24. The molecule has 128 heavy (non-hydrogen) atoms. The maximum absolute atomic E-state index is 16.6. The second-order valence-corrected chi connectivity index (χ2v) is 37.3. The number of fused-ring (bicyclic) bond motifs is 15. The summed E-state index contributed by atoms with van der Waals surface area (Å²) in [6.45, 7) is 8.22. The molecule has 8 heterocycles. The van der Waals surface area contributed by atoms with Crippen molar-refractivity contribution in [2.75, 3.05) is 13.7 Å². The van der Waals surface area contributed by atoms with Crippen molar-refractivity contribution in [2.24, 2.45) is 23.1 Å². The zero-order chi connectivity index (χ0) is 94.2. The number of amides is 8. The van der Waals surface area contributed by atoms with Crippen LogP contribution in [-0.4, -0.2) is 247 Å². The molecule has 8 amide bonds. The Morgan fingerprint density at radius 2 is 1.21 bits per heavy atom. The lowest BCUT2D eigenvalue weighted by molar-refractivity contribution is -0.333. The van der Waals surface area contributed by atoms with Crippen LogP contribution >= 0.6 is 38.4 Å². The first-order valence-corrected chi connectivity index (χ1v) is 43.9. The zero-order valence-electron chi connectivity index (χ0n) is 69.1. The first kappa shape index (κ1) is 98.6. The summed E-state index contributed by atoms with van der Waals surface area (Å²) in [4.78, 5) is 185. The van der Waals surface area contributed by atoms with Crippen molar-refractivity contribution in [2.45, 2.75) is 225 Å². The Bertz CT molecular complexity index is 5180. The van der Waals surface area contributed by atoms with Gasteiger partial charge < -0.3 is 168 Å². The van der Waals surface area contributed by atoms with Gasteiger partial charge in [-0.2, -0.15) is 0 Å². The predicted molar refractivity (Wildman–Crippen MR) is 439 cm³/mol. The van der Waals surface area contributed by atoms with Gasteiger partial charge >= 0.3 is 27.1 Å². The number of likely N-dealkylation sites (N-methyl/N-ethyl adjacent to an activating group) is 1. The van der Waals surface area contributed by atoms with Gasteiger partial charge in [0.2, 0.25) is 64.8 Å². The van der Waals surface area contributed by atoms with Gasteiger partial charge in [0.25, 0.3) is 0 Å². The van der Waals surface area contributed by atoms with Gasteiger partial charge in [0.15, 0.2) is 36.2 Å². The second-order valence-electron chi connectivity index (χ2n) is 32.7. The van der Waals surface area contributed by atoms with E-state index in [9.17, 15) is 98.6 Å². The number of ether oxygens (including phenoxy) is 9. The van der Waals surface area contributed by atoms with Crippen LogP contribution in [0.1, 0.15) is 145 Å². The largest absolute Gasteiger partial charge is 0.508 e. The molecule has 45 nitrogen and oxygen atoms in total. The third-order valence-corrected chi connectivity index (χ3v) is 26.0. The molecule has 13 rings (SSSR count). The number of aromatic hydroxyl groups is 3. The number of phenols is 3. The Hall–Kier alpha value is -10.0. The number of aliphatic hydroxyl groups is 5. The number of benzene rings is 5. The number of halogens is 2. The number of aliphatic hydroxyl groups excluding tert-OH is 5. The maximum Gasteiger partial charge on any atom is 0.360 e. The molecule has 17 unspecified atom stereocenters. The zero-order valence-corrected chi connectivity index (χ0v) is 72.4. The van der Waals surface area contributed by atoms with E-state index in [1.54, 1.807) is 19.2 Å². The highest BCUT2D eigenvalue weighted by atomic mass is 35.5. The molecule has 0 aliphatic carbocycles. The molecular weight excluding hydrogens is 1780 g/mol. The Balaban J connectivity index is 1.16. The minimum absolute atomic E-state index is 0.148. The molecule has 0 aromatic heterocycles. The van der Waals surface area contributed by atoms with E-state index in [4.69, 9.17) is 83.0 Å². The van der Waals surface area contributed by atoms with E-state index < -0.39 is 336 Å². The number of carboxylic acid groups (broad SMARTS) is 1. The van der Waals surface area contributed by atoms with Gasteiger partial charge in [-0.05, 0) is 130 Å². The number of nitrogens with one attached hydrogen (secondary N) is 8. The van der Waals surface area contributed by atoms with E-state index in [-0.39, 0.29) is 29.9 Å². The lowest BCUT2D eigenvalue weighted by Crippen LogP contribution is -2.64. The molecule has 5 aromatic carbocycles. The molecule has 27 N–H and O–H groups in total. The van der Waals surface area contributed by atoms with E-state index in [1.807, 2.05) is 0 Å². The lowest BCUT2D eigenvalue weighted by Gasteiger charge is -2.47. The second kappa shape index (κ2) is 39.7. The minimum atomic E-state index is -5.67. The lowest BCUT2D eigenvalue weighted by atomic mass is 9.86. The van der Waals surface area contributed by atoms with Gasteiger partial charge in [-0.25, -0.2) is 4.79 Å². The topological polar surface area (TPSA) is 725 Å². The van der Waals surface area contributed by atoms with Gasteiger partial charge in [-0.1, -0.05) is 55.2 Å². The van der Waals surface area contributed by atoms with Crippen LogP contribution in [0.2, 0.25) is 10.0 Å². The summed E-state index contributed by atoms with van der Waals surface area (Å²) in [6.07, 6.45) is -27.2. The third-order valence-electron chi connectivity index (χ3n) is 22.1. The molecule has 3 fully saturated rings. The Kier molecular flexibility index (Phi) is 30.6. The number of carboxylic acids is 1. The fraction of sp³-hybridized carbons (Fsp3) is 0.494. The Morgan fingerprint density at radius 3 is 1.77 bits per heavy atom. The SMILES string of the molecule is CNC(CC(C)C)C(=O)NC1C(=O)NC(CC(N)=O)C(=O)NC2C(=O)NC3C(=O)NC(C(=O)N[C@@H](C(=O)O)c4cc(O)cc(O)c4-c4cc3ccc4O)[C@H](OC3C[C@](C)(N)C(O)C(C)O3)c3ccc(c(Cl)c3)Oc3cc2cc(c3OC2OC(COC(=O)CCCC(=O)NC(P(=O)(O)O)P(=O)(O)O)C(O)C(O)C2OC2C[C@](C)(N)C(O)C(C)O2)Oc2ccc(cc2Cl)[C@@H]1O. The Morgan fingerprint density at radius 1 is 0.648 bits per heavy atom. The molecule has 8 aliphatic rings. The smallest absolute Gasteiger partial charge is 0.360 e. The molecule has 8 aliphatic heterocycles. The first-order chi connectivity index (χ1) is 59.8. The predicted octanol–water partition coefficient (Wildman–Crippen LogP) is -0.180. The van der Waals surface area contributed by atoms with Gasteiger partial charge in [-0.3, -0.25) is 52.3 Å². The average molecular weight is 1880 g/mol. The fourth-order valence-electron chi connectivity index (χ4n) is 15.5. The number of primary amides is 1. The van der Waals surface area contributed by atoms with Crippen molar-refractivity contribution in [1.82, 2.24) is 42.5 Å². The molecule has 0 radical (unpaired) electrons. The van der Waals surface area contributed by atoms with Crippen LogP contribution in [0.4, 0.5) is 0 Å². The highest BCUT2D eigenvalue weighted by Gasteiger charge is 2.54. The summed E-state index contributed by atoms with van der Waals surface area (Å²) in [5.41, 5.74) is 9.78. The molecule has 0 saturated carbocycles. The van der Waals surface area contributed by atoms with Crippen LogP contribution in [0.15, 0.2) is 78.9 Å². The quantitative estimate of drug-likeness (QED) is 0.0298. The number of esters is 1. The van der Waals surface area contributed by atoms with Gasteiger partial charge in [0.05, 0.1) is 46.9 Å². The molecule has 49 heteroatoms. The molecule has 5 aromatic rings. The number of nitrogens with two attached hydrogens (primary N) is 3. The summed E-state index contributed by atoms with van der Waals surface area (Å²) in [5, 5.41) is 124. The molecule has 0 spiro atoms. The van der Waals surface area contributed by atoms with E-state index in [1.165, 1.54) is 40.8 Å². The van der Waals surface area contributed by atoms with Crippen LogP contribution in [0.25, 0.3) is 11.1 Å².